The highest BCUT2D eigenvalue weighted by Gasteiger charge is 2.34. The van der Waals surface area contributed by atoms with Crippen molar-refractivity contribution >= 4 is 15.9 Å². The Morgan fingerprint density at radius 2 is 2.00 bits per heavy atom. The quantitative estimate of drug-likeness (QED) is 0.873. The maximum atomic E-state index is 13.2. The average molecular weight is 315 g/mol. The van der Waals surface area contributed by atoms with Crippen LogP contribution in [0.15, 0.2) is 22.7 Å². The molecule has 0 aromatic heterocycles. The second-order valence-corrected chi connectivity index (χ2v) is 6.52. The molecule has 1 fully saturated rings. The topological polar surface area (TPSA) is 20.2 Å². The summed E-state index contributed by atoms with van der Waals surface area (Å²) < 4.78 is 14.1. The average Bonchev–Trinajstić information content (AvgIpc) is 2.35. The summed E-state index contributed by atoms with van der Waals surface area (Å²) in [6.45, 7) is 2.16. The molecule has 1 nitrogen and oxygen atoms in total. The Hall–Kier alpha value is -0.410. The lowest BCUT2D eigenvalue weighted by Gasteiger charge is -2.38. The molecule has 1 atom stereocenters. The minimum absolute atomic E-state index is 0.00991. The van der Waals surface area contributed by atoms with E-state index < -0.39 is 6.10 Å². The zero-order valence-corrected chi connectivity index (χ0v) is 12.3. The van der Waals surface area contributed by atoms with Gasteiger partial charge in [-0.1, -0.05) is 42.1 Å². The van der Waals surface area contributed by atoms with Crippen LogP contribution in [0.5, 0.6) is 0 Å². The zero-order valence-electron chi connectivity index (χ0n) is 10.8. The first-order valence-corrected chi connectivity index (χ1v) is 7.42. The van der Waals surface area contributed by atoms with Gasteiger partial charge in [-0.05, 0) is 42.0 Å². The molecule has 2 rings (SSSR count). The van der Waals surface area contributed by atoms with Crippen molar-refractivity contribution in [1.82, 2.24) is 0 Å². The fraction of sp³-hybridized carbons (Fsp3) is 0.600. The summed E-state index contributed by atoms with van der Waals surface area (Å²) in [5.74, 6) is -0.241. The number of rotatable bonds is 3. The second kappa shape index (κ2) is 5.70. The number of aliphatic hydroxyl groups is 1. The van der Waals surface area contributed by atoms with E-state index >= 15 is 0 Å². The van der Waals surface area contributed by atoms with Crippen molar-refractivity contribution in [1.29, 1.82) is 0 Å². The first-order chi connectivity index (χ1) is 8.51. The highest BCUT2D eigenvalue weighted by atomic mass is 79.9. The van der Waals surface area contributed by atoms with Crippen LogP contribution < -0.4 is 0 Å². The van der Waals surface area contributed by atoms with Gasteiger partial charge in [0.15, 0.2) is 0 Å². The van der Waals surface area contributed by atoms with E-state index in [1.807, 2.05) is 0 Å². The third-order valence-corrected chi connectivity index (χ3v) is 4.99. The summed E-state index contributed by atoms with van der Waals surface area (Å²) in [5, 5.41) is 10.5. The van der Waals surface area contributed by atoms with Crippen LogP contribution in [0, 0.1) is 11.2 Å². The molecule has 18 heavy (non-hydrogen) atoms. The van der Waals surface area contributed by atoms with Gasteiger partial charge in [-0.15, -0.1) is 0 Å². The van der Waals surface area contributed by atoms with Gasteiger partial charge in [0.2, 0.25) is 0 Å². The molecule has 0 aliphatic heterocycles. The number of benzene rings is 1. The summed E-state index contributed by atoms with van der Waals surface area (Å²) in [6.07, 6.45) is 5.93. The number of hydrogen-bond donors (Lipinski definition) is 1. The summed E-state index contributed by atoms with van der Waals surface area (Å²) in [6, 6.07) is 4.66. The van der Waals surface area contributed by atoms with Crippen molar-refractivity contribution < 1.29 is 9.50 Å². The molecule has 0 bridgehead atoms. The molecule has 0 heterocycles. The van der Waals surface area contributed by atoms with Crippen molar-refractivity contribution in [2.75, 3.05) is 0 Å². The van der Waals surface area contributed by atoms with Gasteiger partial charge < -0.3 is 5.11 Å². The van der Waals surface area contributed by atoms with E-state index in [0.717, 1.165) is 22.9 Å². The maximum Gasteiger partial charge on any atom is 0.123 e. The summed E-state index contributed by atoms with van der Waals surface area (Å²) in [4.78, 5) is 0. The van der Waals surface area contributed by atoms with Crippen LogP contribution in [0.25, 0.3) is 0 Å². The smallest absolute Gasteiger partial charge is 0.123 e. The number of aliphatic hydroxyl groups excluding tert-OH is 1. The molecule has 3 heteroatoms. The number of halogens is 2. The lowest BCUT2D eigenvalue weighted by atomic mass is 9.70. The van der Waals surface area contributed by atoms with E-state index in [-0.39, 0.29) is 11.2 Å². The minimum atomic E-state index is -0.393. The summed E-state index contributed by atoms with van der Waals surface area (Å²) in [7, 11) is 0. The SMILES string of the molecule is CC1(C(O)Cc2cc(F)ccc2Br)CCCCC1. The van der Waals surface area contributed by atoms with Crippen LogP contribution in [-0.2, 0) is 6.42 Å². The summed E-state index contributed by atoms with van der Waals surface area (Å²) in [5.41, 5.74) is 0.846. The molecule has 1 aromatic rings. The van der Waals surface area contributed by atoms with Crippen LogP contribution in [-0.4, -0.2) is 11.2 Å². The monoisotopic (exact) mass is 314 g/mol. The highest BCUT2D eigenvalue weighted by Crippen LogP contribution is 2.40. The zero-order chi connectivity index (χ0) is 13.2. The molecule has 1 aliphatic carbocycles. The van der Waals surface area contributed by atoms with Crippen LogP contribution in [0.3, 0.4) is 0 Å². The molecule has 0 saturated heterocycles. The third-order valence-electron chi connectivity index (χ3n) is 4.22. The van der Waals surface area contributed by atoms with Crippen molar-refractivity contribution in [3.63, 3.8) is 0 Å². The highest BCUT2D eigenvalue weighted by molar-refractivity contribution is 9.10. The van der Waals surface area contributed by atoms with Crippen LogP contribution >= 0.6 is 15.9 Å². The van der Waals surface area contributed by atoms with Gasteiger partial charge in [-0.2, -0.15) is 0 Å². The van der Waals surface area contributed by atoms with E-state index in [0.29, 0.717) is 6.42 Å². The lowest BCUT2D eigenvalue weighted by molar-refractivity contribution is 0.0103. The first-order valence-electron chi connectivity index (χ1n) is 6.63. The number of hydrogen-bond acceptors (Lipinski definition) is 1. The fourth-order valence-corrected chi connectivity index (χ4v) is 3.26. The minimum Gasteiger partial charge on any atom is -0.392 e. The van der Waals surface area contributed by atoms with Gasteiger partial charge in [-0.25, -0.2) is 4.39 Å². The molecule has 0 spiro atoms. The predicted octanol–water partition coefficient (Wildman–Crippen LogP) is 4.46. The Labute approximate surface area is 117 Å². The Balaban J connectivity index is 2.10. The third kappa shape index (κ3) is 3.12. The Bertz CT molecular complexity index is 413. The second-order valence-electron chi connectivity index (χ2n) is 5.67. The molecule has 100 valence electrons. The Morgan fingerprint density at radius 1 is 1.33 bits per heavy atom. The van der Waals surface area contributed by atoms with Crippen LogP contribution in [0.4, 0.5) is 4.39 Å². The van der Waals surface area contributed by atoms with E-state index in [2.05, 4.69) is 22.9 Å². The van der Waals surface area contributed by atoms with Crippen LogP contribution in [0.2, 0.25) is 0 Å². The largest absolute Gasteiger partial charge is 0.392 e. The lowest BCUT2D eigenvalue weighted by Crippen LogP contribution is -2.36. The van der Waals surface area contributed by atoms with Gasteiger partial charge in [0.25, 0.3) is 0 Å². The van der Waals surface area contributed by atoms with Crippen molar-refractivity contribution in [3.8, 4) is 0 Å². The molecule has 1 aromatic carbocycles. The van der Waals surface area contributed by atoms with Gasteiger partial charge in [0, 0.05) is 10.9 Å². The standard InChI is InChI=1S/C15H20BrFO/c1-15(7-3-2-4-8-15)14(18)10-11-9-12(17)5-6-13(11)16/h5-6,9,14,18H,2-4,7-8,10H2,1H3. The van der Waals surface area contributed by atoms with Gasteiger partial charge >= 0.3 is 0 Å². The molecule has 1 aliphatic rings. The normalized spacial score (nSPS) is 20.7. The van der Waals surface area contributed by atoms with Crippen LogP contribution in [0.1, 0.15) is 44.6 Å². The van der Waals surface area contributed by atoms with E-state index in [9.17, 15) is 9.50 Å². The predicted molar refractivity (Wildman–Crippen MR) is 75.0 cm³/mol. The molecule has 1 saturated carbocycles. The van der Waals surface area contributed by atoms with Gasteiger partial charge in [0.05, 0.1) is 6.10 Å². The molecule has 0 radical (unpaired) electrons. The molecule has 0 amide bonds. The Kier molecular flexibility index (Phi) is 4.44. The van der Waals surface area contributed by atoms with Gasteiger partial charge in [-0.3, -0.25) is 0 Å². The Morgan fingerprint density at radius 3 is 2.67 bits per heavy atom. The molecular weight excluding hydrogens is 295 g/mol. The van der Waals surface area contributed by atoms with Crippen molar-refractivity contribution in [3.05, 3.63) is 34.1 Å². The summed E-state index contributed by atoms with van der Waals surface area (Å²) >= 11 is 3.42. The van der Waals surface area contributed by atoms with Crippen molar-refractivity contribution in [2.45, 2.75) is 51.6 Å². The van der Waals surface area contributed by atoms with E-state index in [1.54, 1.807) is 6.07 Å². The van der Waals surface area contributed by atoms with E-state index in [1.165, 1.54) is 31.4 Å². The molecule has 1 unspecified atom stereocenters. The first kappa shape index (κ1) is 14.0. The maximum absolute atomic E-state index is 13.2. The van der Waals surface area contributed by atoms with Gasteiger partial charge in [0.1, 0.15) is 5.82 Å². The fourth-order valence-electron chi connectivity index (χ4n) is 2.85. The molecule has 1 N–H and O–H groups in total. The van der Waals surface area contributed by atoms with Crippen molar-refractivity contribution in [2.24, 2.45) is 5.41 Å². The van der Waals surface area contributed by atoms with E-state index in [4.69, 9.17) is 0 Å². The molecular formula is C15H20BrFO.